The van der Waals surface area contributed by atoms with E-state index in [1.54, 1.807) is 49.5 Å². The number of carbonyl (C=O) groups excluding carboxylic acids is 1. The Hall–Kier alpha value is -4.08. The van der Waals surface area contributed by atoms with Gasteiger partial charge in [0, 0.05) is 12.1 Å². The summed E-state index contributed by atoms with van der Waals surface area (Å²) < 4.78 is 24.8. The van der Waals surface area contributed by atoms with Crippen molar-refractivity contribution >= 4 is 5.91 Å². The highest BCUT2D eigenvalue weighted by Crippen LogP contribution is 2.36. The monoisotopic (exact) mass is 448 g/mol. The number of aryl methyl sites for hydroxylation is 1. The van der Waals surface area contributed by atoms with Gasteiger partial charge in [0.1, 0.15) is 17.6 Å². The van der Waals surface area contributed by atoms with Crippen LogP contribution < -0.4 is 4.74 Å². The molecule has 1 unspecified atom stereocenters. The molecule has 4 aromatic rings. The normalized spacial score (nSPS) is 15.4. The van der Waals surface area contributed by atoms with E-state index in [2.05, 4.69) is 20.3 Å². The zero-order valence-electron chi connectivity index (χ0n) is 18.3. The molecule has 0 aliphatic carbocycles. The number of aromatic nitrogens is 5. The van der Waals surface area contributed by atoms with E-state index in [-0.39, 0.29) is 17.8 Å². The van der Waals surface area contributed by atoms with Gasteiger partial charge in [-0.2, -0.15) is 20.0 Å². The molecule has 0 saturated carbocycles. The Kier molecular flexibility index (Phi) is 5.12. The van der Waals surface area contributed by atoms with Gasteiger partial charge in [-0.15, -0.1) is 0 Å². The second kappa shape index (κ2) is 8.12. The molecule has 0 radical (unpaired) electrons. The van der Waals surface area contributed by atoms with Gasteiger partial charge in [-0.25, -0.2) is 4.39 Å². The SMILES string of the molecule is COc1cc(C(=O)N2CCC2c2nc(-c3cccc(F)c3C)no2)c(-n2nccn2)cc1C. The number of halogens is 1. The summed E-state index contributed by atoms with van der Waals surface area (Å²) in [7, 11) is 1.56. The van der Waals surface area contributed by atoms with Gasteiger partial charge in [0.05, 0.1) is 30.8 Å². The first kappa shape index (κ1) is 20.8. The standard InChI is InChI=1S/C23H21FN6O3/c1-13-11-19(30-25-8-9-26-30)16(12-20(13)32-3)23(31)29-10-7-18(29)22-27-21(28-33-22)15-5-4-6-17(24)14(15)2/h4-6,8-9,11-12,18H,7,10H2,1-3H3. The largest absolute Gasteiger partial charge is 0.496 e. The van der Waals surface area contributed by atoms with E-state index in [1.807, 2.05) is 13.0 Å². The number of hydrogen-bond acceptors (Lipinski definition) is 7. The summed E-state index contributed by atoms with van der Waals surface area (Å²) in [5.74, 6) is 0.629. The number of carbonyl (C=O) groups is 1. The predicted molar refractivity (Wildman–Crippen MR) is 115 cm³/mol. The fourth-order valence-electron chi connectivity index (χ4n) is 3.94. The number of rotatable bonds is 5. The van der Waals surface area contributed by atoms with Crippen LogP contribution in [0.2, 0.25) is 0 Å². The molecule has 0 spiro atoms. The fourth-order valence-corrected chi connectivity index (χ4v) is 3.94. The lowest BCUT2D eigenvalue weighted by molar-refractivity contribution is 0.0378. The molecule has 0 bridgehead atoms. The van der Waals surface area contributed by atoms with Gasteiger partial charge in [-0.3, -0.25) is 4.79 Å². The summed E-state index contributed by atoms with van der Waals surface area (Å²) in [6.07, 6.45) is 3.77. The first-order valence-electron chi connectivity index (χ1n) is 10.4. The van der Waals surface area contributed by atoms with Crippen LogP contribution >= 0.6 is 0 Å². The maximum atomic E-state index is 13.9. The Morgan fingerprint density at radius 2 is 2.00 bits per heavy atom. The average Bonchev–Trinajstić information content (AvgIpc) is 3.47. The molecule has 1 saturated heterocycles. The van der Waals surface area contributed by atoms with Crippen molar-refractivity contribution in [1.82, 2.24) is 30.0 Å². The molecule has 2 aromatic carbocycles. The van der Waals surface area contributed by atoms with E-state index in [0.29, 0.717) is 52.8 Å². The molecule has 1 aliphatic rings. The fraction of sp³-hybridized carbons (Fsp3) is 0.261. The molecule has 1 atom stereocenters. The van der Waals surface area contributed by atoms with Crippen molar-refractivity contribution in [1.29, 1.82) is 0 Å². The maximum absolute atomic E-state index is 13.9. The van der Waals surface area contributed by atoms with Crippen molar-refractivity contribution in [2.45, 2.75) is 26.3 Å². The quantitative estimate of drug-likeness (QED) is 0.459. The highest BCUT2D eigenvalue weighted by atomic mass is 19.1. The number of methoxy groups -OCH3 is 1. The third-order valence-corrected chi connectivity index (χ3v) is 5.89. The van der Waals surface area contributed by atoms with Crippen LogP contribution in [-0.4, -0.2) is 49.6 Å². The highest BCUT2D eigenvalue weighted by Gasteiger charge is 2.39. The smallest absolute Gasteiger partial charge is 0.256 e. The molecule has 5 rings (SSSR count). The van der Waals surface area contributed by atoms with Crippen LogP contribution in [0.1, 0.15) is 39.8 Å². The van der Waals surface area contributed by atoms with Gasteiger partial charge < -0.3 is 14.2 Å². The summed E-state index contributed by atoms with van der Waals surface area (Å²) in [4.78, 5) is 21.1. The van der Waals surface area contributed by atoms with Crippen molar-refractivity contribution in [2.24, 2.45) is 0 Å². The Labute approximate surface area is 188 Å². The predicted octanol–water partition coefficient (Wildman–Crippen LogP) is 3.67. The molecule has 10 heteroatoms. The van der Waals surface area contributed by atoms with Crippen molar-refractivity contribution in [3.8, 4) is 22.8 Å². The van der Waals surface area contributed by atoms with Gasteiger partial charge >= 0.3 is 0 Å². The van der Waals surface area contributed by atoms with Crippen LogP contribution in [0.5, 0.6) is 5.75 Å². The zero-order valence-corrected chi connectivity index (χ0v) is 18.3. The number of nitrogens with zero attached hydrogens (tertiary/aromatic N) is 6. The molecule has 1 amide bonds. The van der Waals surface area contributed by atoms with Crippen molar-refractivity contribution in [3.05, 3.63) is 71.1 Å². The lowest BCUT2D eigenvalue weighted by Gasteiger charge is -2.38. The molecule has 33 heavy (non-hydrogen) atoms. The number of benzene rings is 2. The second-order valence-electron chi connectivity index (χ2n) is 7.83. The molecular weight excluding hydrogens is 427 g/mol. The van der Waals surface area contributed by atoms with Crippen LogP contribution in [0.15, 0.2) is 47.2 Å². The number of hydrogen-bond donors (Lipinski definition) is 0. The Bertz CT molecular complexity index is 1330. The summed E-state index contributed by atoms with van der Waals surface area (Å²) >= 11 is 0. The van der Waals surface area contributed by atoms with Crippen LogP contribution in [0, 0.1) is 19.7 Å². The van der Waals surface area contributed by atoms with Crippen LogP contribution in [0.25, 0.3) is 17.1 Å². The molecule has 9 nitrogen and oxygen atoms in total. The van der Waals surface area contributed by atoms with Crippen LogP contribution in [-0.2, 0) is 0 Å². The summed E-state index contributed by atoms with van der Waals surface area (Å²) in [5, 5.41) is 12.4. The van der Waals surface area contributed by atoms with Crippen molar-refractivity contribution < 1.29 is 18.4 Å². The van der Waals surface area contributed by atoms with E-state index in [0.717, 1.165) is 5.56 Å². The summed E-state index contributed by atoms with van der Waals surface area (Å²) in [6.45, 7) is 4.08. The van der Waals surface area contributed by atoms with Gasteiger partial charge in [0.25, 0.3) is 5.91 Å². The lowest BCUT2D eigenvalue weighted by Crippen LogP contribution is -2.45. The lowest BCUT2D eigenvalue weighted by atomic mass is 9.99. The minimum atomic E-state index is -0.377. The van der Waals surface area contributed by atoms with Crippen LogP contribution in [0.3, 0.4) is 0 Å². The molecule has 0 N–H and O–H groups in total. The average molecular weight is 448 g/mol. The molecule has 1 aliphatic heterocycles. The Morgan fingerprint density at radius 1 is 1.21 bits per heavy atom. The topological polar surface area (TPSA) is 99.2 Å². The van der Waals surface area contributed by atoms with E-state index < -0.39 is 0 Å². The van der Waals surface area contributed by atoms with E-state index in [1.165, 1.54) is 10.9 Å². The zero-order chi connectivity index (χ0) is 23.1. The Balaban J connectivity index is 1.47. The number of ether oxygens (including phenoxy) is 1. The van der Waals surface area contributed by atoms with Gasteiger partial charge in [0.2, 0.25) is 11.7 Å². The van der Waals surface area contributed by atoms with E-state index >= 15 is 0 Å². The molecule has 1 fully saturated rings. The molecule has 168 valence electrons. The number of likely N-dealkylation sites (tertiary alicyclic amines) is 1. The van der Waals surface area contributed by atoms with Crippen LogP contribution in [0.4, 0.5) is 4.39 Å². The van der Waals surface area contributed by atoms with E-state index in [4.69, 9.17) is 9.26 Å². The first-order chi connectivity index (χ1) is 16.0. The molecular formula is C23H21FN6O3. The van der Waals surface area contributed by atoms with Crippen molar-refractivity contribution in [3.63, 3.8) is 0 Å². The van der Waals surface area contributed by atoms with Gasteiger partial charge in [-0.1, -0.05) is 17.3 Å². The molecule has 3 heterocycles. The van der Waals surface area contributed by atoms with Crippen molar-refractivity contribution in [2.75, 3.05) is 13.7 Å². The summed E-state index contributed by atoms with van der Waals surface area (Å²) in [5.41, 5.74) is 2.80. The third kappa shape index (κ3) is 3.53. The maximum Gasteiger partial charge on any atom is 0.256 e. The van der Waals surface area contributed by atoms with Gasteiger partial charge in [0.15, 0.2) is 0 Å². The second-order valence-corrected chi connectivity index (χ2v) is 7.83. The molecule has 2 aromatic heterocycles. The van der Waals surface area contributed by atoms with Gasteiger partial charge in [-0.05, 0) is 49.6 Å². The Morgan fingerprint density at radius 3 is 2.70 bits per heavy atom. The minimum absolute atomic E-state index is 0.224. The first-order valence-corrected chi connectivity index (χ1v) is 10.4. The highest BCUT2D eigenvalue weighted by molar-refractivity contribution is 5.99. The minimum Gasteiger partial charge on any atom is -0.496 e. The third-order valence-electron chi connectivity index (χ3n) is 5.89. The van der Waals surface area contributed by atoms with E-state index in [9.17, 15) is 9.18 Å². The summed E-state index contributed by atoms with van der Waals surface area (Å²) in [6, 6.07) is 7.85. The number of amides is 1.